The SMILES string of the molecule is Cc1ccc(NC(=O)N2CC[C@H](O)C2)c(C)c1. The second-order valence-electron chi connectivity index (χ2n) is 4.64. The molecule has 1 atom stereocenters. The molecule has 1 aliphatic rings. The zero-order valence-corrected chi connectivity index (χ0v) is 10.2. The largest absolute Gasteiger partial charge is 0.391 e. The first-order chi connectivity index (χ1) is 8.06. The van der Waals surface area contributed by atoms with E-state index >= 15 is 0 Å². The zero-order chi connectivity index (χ0) is 12.4. The summed E-state index contributed by atoms with van der Waals surface area (Å²) in [6.45, 7) is 5.05. The molecule has 2 N–H and O–H groups in total. The summed E-state index contributed by atoms with van der Waals surface area (Å²) < 4.78 is 0. The average Bonchev–Trinajstić information content (AvgIpc) is 2.69. The van der Waals surface area contributed by atoms with Crippen molar-refractivity contribution >= 4 is 11.7 Å². The van der Waals surface area contributed by atoms with E-state index in [1.165, 1.54) is 5.56 Å². The van der Waals surface area contributed by atoms with Crippen molar-refractivity contribution in [2.24, 2.45) is 0 Å². The summed E-state index contributed by atoms with van der Waals surface area (Å²) in [7, 11) is 0. The Morgan fingerprint density at radius 1 is 1.47 bits per heavy atom. The van der Waals surface area contributed by atoms with E-state index in [9.17, 15) is 9.90 Å². The molecule has 2 rings (SSSR count). The van der Waals surface area contributed by atoms with E-state index in [2.05, 4.69) is 5.32 Å². The molecule has 0 unspecified atom stereocenters. The van der Waals surface area contributed by atoms with Crippen molar-refractivity contribution in [1.29, 1.82) is 0 Å². The van der Waals surface area contributed by atoms with Crippen LogP contribution in [-0.2, 0) is 0 Å². The molecule has 1 aromatic rings. The normalized spacial score (nSPS) is 19.5. The van der Waals surface area contributed by atoms with Crippen molar-refractivity contribution in [2.75, 3.05) is 18.4 Å². The van der Waals surface area contributed by atoms with Gasteiger partial charge in [-0.05, 0) is 31.9 Å². The number of nitrogens with zero attached hydrogens (tertiary/aromatic N) is 1. The first-order valence-corrected chi connectivity index (χ1v) is 5.87. The van der Waals surface area contributed by atoms with Crippen LogP contribution >= 0.6 is 0 Å². The van der Waals surface area contributed by atoms with E-state index in [1.54, 1.807) is 4.90 Å². The van der Waals surface area contributed by atoms with Crippen molar-refractivity contribution in [3.05, 3.63) is 29.3 Å². The van der Waals surface area contributed by atoms with Crippen LogP contribution in [0.1, 0.15) is 17.5 Å². The summed E-state index contributed by atoms with van der Waals surface area (Å²) in [4.78, 5) is 13.5. The number of hydrogen-bond donors (Lipinski definition) is 2. The van der Waals surface area contributed by atoms with Crippen LogP contribution in [0.15, 0.2) is 18.2 Å². The smallest absolute Gasteiger partial charge is 0.321 e. The number of nitrogens with one attached hydrogen (secondary N) is 1. The maximum absolute atomic E-state index is 11.9. The number of amides is 2. The van der Waals surface area contributed by atoms with Gasteiger partial charge in [-0.15, -0.1) is 0 Å². The molecule has 0 bridgehead atoms. The highest BCUT2D eigenvalue weighted by Gasteiger charge is 2.24. The first kappa shape index (κ1) is 11.9. The van der Waals surface area contributed by atoms with Crippen LogP contribution in [0.25, 0.3) is 0 Å². The quantitative estimate of drug-likeness (QED) is 0.779. The molecule has 92 valence electrons. The predicted molar refractivity (Wildman–Crippen MR) is 67.1 cm³/mol. The van der Waals surface area contributed by atoms with Gasteiger partial charge < -0.3 is 15.3 Å². The number of β-amino-alcohol motifs (C(OH)–C–C–N with tert-alkyl or cyclic N) is 1. The number of urea groups is 1. The molecule has 2 amide bonds. The first-order valence-electron chi connectivity index (χ1n) is 5.87. The summed E-state index contributed by atoms with van der Waals surface area (Å²) in [5.74, 6) is 0. The minimum atomic E-state index is -0.375. The topological polar surface area (TPSA) is 52.6 Å². The van der Waals surface area contributed by atoms with Crippen LogP contribution in [0.3, 0.4) is 0 Å². The lowest BCUT2D eigenvalue weighted by molar-refractivity contribution is 0.176. The van der Waals surface area contributed by atoms with Gasteiger partial charge in [-0.3, -0.25) is 0 Å². The van der Waals surface area contributed by atoms with E-state index < -0.39 is 0 Å². The number of anilines is 1. The molecule has 1 saturated heterocycles. The second-order valence-corrected chi connectivity index (χ2v) is 4.64. The van der Waals surface area contributed by atoms with Crippen LogP contribution in [-0.4, -0.2) is 35.2 Å². The van der Waals surface area contributed by atoms with Crippen molar-refractivity contribution in [3.63, 3.8) is 0 Å². The number of likely N-dealkylation sites (tertiary alicyclic amines) is 1. The van der Waals surface area contributed by atoms with Gasteiger partial charge in [-0.2, -0.15) is 0 Å². The van der Waals surface area contributed by atoms with Crippen molar-refractivity contribution in [3.8, 4) is 0 Å². The van der Waals surface area contributed by atoms with Gasteiger partial charge in [0, 0.05) is 18.8 Å². The molecule has 1 aliphatic heterocycles. The van der Waals surface area contributed by atoms with Crippen LogP contribution in [0.5, 0.6) is 0 Å². The number of benzene rings is 1. The molecule has 4 nitrogen and oxygen atoms in total. The highest BCUT2D eigenvalue weighted by atomic mass is 16.3. The third kappa shape index (κ3) is 2.77. The van der Waals surface area contributed by atoms with Gasteiger partial charge in [0.05, 0.1) is 6.10 Å². The lowest BCUT2D eigenvalue weighted by Gasteiger charge is -2.17. The number of rotatable bonds is 1. The fourth-order valence-corrected chi connectivity index (χ4v) is 2.07. The van der Waals surface area contributed by atoms with Gasteiger partial charge >= 0.3 is 6.03 Å². The van der Waals surface area contributed by atoms with Crippen molar-refractivity contribution < 1.29 is 9.90 Å². The fraction of sp³-hybridized carbons (Fsp3) is 0.462. The summed E-state index contributed by atoms with van der Waals surface area (Å²) in [5.41, 5.74) is 3.07. The molecule has 4 heteroatoms. The van der Waals surface area contributed by atoms with E-state index in [0.717, 1.165) is 11.3 Å². The third-order valence-electron chi connectivity index (χ3n) is 3.07. The van der Waals surface area contributed by atoms with Crippen molar-refractivity contribution in [1.82, 2.24) is 4.90 Å². The molecule has 0 spiro atoms. The summed E-state index contributed by atoms with van der Waals surface area (Å²) in [6, 6.07) is 5.79. The summed E-state index contributed by atoms with van der Waals surface area (Å²) in [6.07, 6.45) is 0.292. The maximum atomic E-state index is 11.9. The Balaban J connectivity index is 2.03. The fourth-order valence-electron chi connectivity index (χ4n) is 2.07. The Morgan fingerprint density at radius 2 is 2.24 bits per heavy atom. The Kier molecular flexibility index (Phi) is 3.33. The lowest BCUT2D eigenvalue weighted by atomic mass is 10.1. The Hall–Kier alpha value is -1.55. The molecule has 0 radical (unpaired) electrons. The third-order valence-corrected chi connectivity index (χ3v) is 3.07. The van der Waals surface area contributed by atoms with Gasteiger partial charge in [0.1, 0.15) is 0 Å². The molecule has 1 fully saturated rings. The monoisotopic (exact) mass is 234 g/mol. The highest BCUT2D eigenvalue weighted by Crippen LogP contribution is 2.18. The van der Waals surface area contributed by atoms with E-state index in [-0.39, 0.29) is 12.1 Å². The van der Waals surface area contributed by atoms with Crippen molar-refractivity contribution in [2.45, 2.75) is 26.4 Å². The number of carbonyl (C=O) groups is 1. The van der Waals surface area contributed by atoms with E-state index in [0.29, 0.717) is 19.5 Å². The number of aryl methyl sites for hydroxylation is 2. The number of hydrogen-bond acceptors (Lipinski definition) is 2. The standard InChI is InChI=1S/C13H18N2O2/c1-9-3-4-12(10(2)7-9)14-13(17)15-6-5-11(16)8-15/h3-4,7,11,16H,5-6,8H2,1-2H3,(H,14,17)/t11-/m0/s1. The Bertz CT molecular complexity index is 431. The lowest BCUT2D eigenvalue weighted by Crippen LogP contribution is -2.33. The molecule has 17 heavy (non-hydrogen) atoms. The van der Waals surface area contributed by atoms with Crippen LogP contribution in [0.2, 0.25) is 0 Å². The molecular weight excluding hydrogens is 216 g/mol. The molecule has 0 saturated carbocycles. The maximum Gasteiger partial charge on any atom is 0.321 e. The number of aliphatic hydroxyl groups is 1. The van der Waals surface area contributed by atoms with E-state index in [1.807, 2.05) is 32.0 Å². The molecule has 0 aliphatic carbocycles. The number of carbonyl (C=O) groups excluding carboxylic acids is 1. The Morgan fingerprint density at radius 3 is 2.82 bits per heavy atom. The highest BCUT2D eigenvalue weighted by molar-refractivity contribution is 5.90. The summed E-state index contributed by atoms with van der Waals surface area (Å²) in [5, 5.41) is 12.3. The Labute approximate surface area is 101 Å². The van der Waals surface area contributed by atoms with Crippen LogP contribution < -0.4 is 5.32 Å². The molecule has 1 aromatic carbocycles. The van der Waals surface area contributed by atoms with Gasteiger partial charge in [-0.1, -0.05) is 17.7 Å². The second kappa shape index (κ2) is 4.75. The average molecular weight is 234 g/mol. The minimum Gasteiger partial charge on any atom is -0.391 e. The van der Waals surface area contributed by atoms with Gasteiger partial charge in [0.25, 0.3) is 0 Å². The minimum absolute atomic E-state index is 0.131. The van der Waals surface area contributed by atoms with E-state index in [4.69, 9.17) is 0 Å². The van der Waals surface area contributed by atoms with Gasteiger partial charge in [0.2, 0.25) is 0 Å². The summed E-state index contributed by atoms with van der Waals surface area (Å²) >= 11 is 0. The van der Waals surface area contributed by atoms with Crippen LogP contribution in [0, 0.1) is 13.8 Å². The zero-order valence-electron chi connectivity index (χ0n) is 10.2. The molecule has 0 aromatic heterocycles. The predicted octanol–water partition coefficient (Wildman–Crippen LogP) is 1.90. The van der Waals surface area contributed by atoms with Gasteiger partial charge in [-0.25, -0.2) is 4.79 Å². The number of aliphatic hydroxyl groups excluding tert-OH is 1. The van der Waals surface area contributed by atoms with Gasteiger partial charge in [0.15, 0.2) is 0 Å². The van der Waals surface area contributed by atoms with Crippen LogP contribution in [0.4, 0.5) is 10.5 Å². The molecular formula is C13H18N2O2. The molecule has 1 heterocycles.